The van der Waals surface area contributed by atoms with E-state index < -0.39 is 5.60 Å². The highest BCUT2D eigenvalue weighted by molar-refractivity contribution is 7.99. The van der Waals surface area contributed by atoms with E-state index in [4.69, 9.17) is 0 Å². The molecule has 1 N–H and O–H groups in total. The van der Waals surface area contributed by atoms with E-state index in [1.54, 1.807) is 0 Å². The molecule has 1 nitrogen and oxygen atoms in total. The van der Waals surface area contributed by atoms with Gasteiger partial charge in [0.05, 0.1) is 5.60 Å². The van der Waals surface area contributed by atoms with Gasteiger partial charge in [0.25, 0.3) is 0 Å². The third-order valence-corrected chi connectivity index (χ3v) is 4.21. The summed E-state index contributed by atoms with van der Waals surface area (Å²) < 4.78 is 0. The molecule has 1 unspecified atom stereocenters. The third-order valence-electron chi connectivity index (χ3n) is 2.76. The summed E-state index contributed by atoms with van der Waals surface area (Å²) in [5.41, 5.74) is 2.15. The lowest BCUT2D eigenvalue weighted by Crippen LogP contribution is -2.22. The molecule has 1 aromatic carbocycles. The molecular weight excluding hydrogens is 204 g/mol. The summed E-state index contributed by atoms with van der Waals surface area (Å²) in [6.45, 7) is 6.01. The first-order valence-electron chi connectivity index (χ1n) is 5.44. The first-order valence-corrected chi connectivity index (χ1v) is 6.43. The van der Waals surface area contributed by atoms with Gasteiger partial charge in [-0.25, -0.2) is 0 Å². The molecule has 1 heterocycles. The minimum absolute atomic E-state index is 0.610. The van der Waals surface area contributed by atoms with Crippen molar-refractivity contribution >= 4 is 11.8 Å². The van der Waals surface area contributed by atoms with Gasteiger partial charge in [-0.05, 0) is 30.9 Å². The molecule has 2 rings (SSSR count). The Morgan fingerprint density at radius 3 is 2.87 bits per heavy atom. The van der Waals surface area contributed by atoms with Gasteiger partial charge in [-0.2, -0.15) is 0 Å². The van der Waals surface area contributed by atoms with E-state index in [-0.39, 0.29) is 0 Å². The molecule has 0 saturated carbocycles. The summed E-state index contributed by atoms with van der Waals surface area (Å²) in [6.07, 6.45) is 0.746. The van der Waals surface area contributed by atoms with Crippen molar-refractivity contribution in [2.45, 2.75) is 43.6 Å². The third kappa shape index (κ3) is 2.37. The topological polar surface area (TPSA) is 20.2 Å². The molecule has 0 fully saturated rings. The van der Waals surface area contributed by atoms with E-state index >= 15 is 0 Å². The number of rotatable bonds is 2. The van der Waals surface area contributed by atoms with Crippen molar-refractivity contribution in [3.05, 3.63) is 29.3 Å². The van der Waals surface area contributed by atoms with Gasteiger partial charge in [0, 0.05) is 17.1 Å². The number of hydrogen-bond acceptors (Lipinski definition) is 2. The molecular formula is C13H18OS. The van der Waals surface area contributed by atoms with Crippen LogP contribution >= 0.6 is 11.8 Å². The van der Waals surface area contributed by atoms with Crippen LogP contribution in [0.25, 0.3) is 0 Å². The second-order valence-corrected chi connectivity index (χ2v) is 6.07. The Balaban J connectivity index is 2.34. The van der Waals surface area contributed by atoms with Crippen LogP contribution in [0.2, 0.25) is 0 Å². The normalized spacial score (nSPS) is 20.4. The zero-order valence-electron chi connectivity index (χ0n) is 9.58. The molecule has 0 aliphatic carbocycles. The van der Waals surface area contributed by atoms with Gasteiger partial charge in [-0.15, -0.1) is 11.8 Å². The lowest BCUT2D eigenvalue weighted by atomic mass is 9.94. The summed E-state index contributed by atoms with van der Waals surface area (Å²) in [5, 5.41) is 9.86. The molecule has 2 heteroatoms. The highest BCUT2D eigenvalue weighted by Crippen LogP contribution is 2.42. The zero-order chi connectivity index (χ0) is 11.1. The molecule has 1 aliphatic rings. The van der Waals surface area contributed by atoms with Crippen LogP contribution in [0.4, 0.5) is 0 Å². The Morgan fingerprint density at radius 2 is 2.20 bits per heavy atom. The fraction of sp³-hybridized carbons (Fsp3) is 0.538. The average Bonchev–Trinajstić information content (AvgIpc) is 2.47. The average molecular weight is 222 g/mol. The molecule has 82 valence electrons. The fourth-order valence-corrected chi connectivity index (χ4v) is 3.43. The van der Waals surface area contributed by atoms with Gasteiger partial charge in [-0.1, -0.05) is 25.1 Å². The fourth-order valence-electron chi connectivity index (χ4n) is 2.07. The molecule has 15 heavy (non-hydrogen) atoms. The molecule has 0 spiro atoms. The Bertz CT molecular complexity index is 365. The van der Waals surface area contributed by atoms with Crippen LogP contribution in [0.15, 0.2) is 23.1 Å². The van der Waals surface area contributed by atoms with E-state index in [0.29, 0.717) is 5.92 Å². The number of thioether (sulfide) groups is 1. The van der Waals surface area contributed by atoms with Crippen molar-refractivity contribution in [2.75, 3.05) is 5.75 Å². The Morgan fingerprint density at radius 1 is 1.47 bits per heavy atom. The van der Waals surface area contributed by atoms with Crippen molar-refractivity contribution in [3.63, 3.8) is 0 Å². The molecule has 0 saturated heterocycles. The highest BCUT2D eigenvalue weighted by atomic mass is 32.2. The van der Waals surface area contributed by atoms with Crippen LogP contribution < -0.4 is 0 Å². The van der Waals surface area contributed by atoms with Crippen molar-refractivity contribution in [1.82, 2.24) is 0 Å². The van der Waals surface area contributed by atoms with Crippen molar-refractivity contribution in [3.8, 4) is 0 Å². The quantitative estimate of drug-likeness (QED) is 0.829. The maximum Gasteiger partial charge on any atom is 0.0632 e. The van der Waals surface area contributed by atoms with Crippen LogP contribution in [-0.2, 0) is 6.42 Å². The molecule has 0 amide bonds. The van der Waals surface area contributed by atoms with Gasteiger partial charge in [0.1, 0.15) is 0 Å². The lowest BCUT2D eigenvalue weighted by molar-refractivity contribution is 0.0803. The summed E-state index contributed by atoms with van der Waals surface area (Å²) in [7, 11) is 0. The first-order chi connectivity index (χ1) is 6.97. The van der Waals surface area contributed by atoms with E-state index in [0.717, 1.165) is 6.42 Å². The standard InChI is InChI=1S/C13H18OS/c1-9-8-15-12-10(7-13(2,3)14)5-4-6-11(9)12/h4-6,9,14H,7-8H2,1-3H3. The predicted octanol–water partition coefficient (Wildman–Crippen LogP) is 3.21. The van der Waals surface area contributed by atoms with Crippen LogP contribution in [0.5, 0.6) is 0 Å². The second kappa shape index (κ2) is 3.84. The van der Waals surface area contributed by atoms with Gasteiger partial charge < -0.3 is 5.11 Å². The van der Waals surface area contributed by atoms with E-state index in [2.05, 4.69) is 25.1 Å². The van der Waals surface area contributed by atoms with Gasteiger partial charge in [-0.3, -0.25) is 0 Å². The maximum atomic E-state index is 9.86. The largest absolute Gasteiger partial charge is 0.390 e. The van der Waals surface area contributed by atoms with Gasteiger partial charge >= 0.3 is 0 Å². The van der Waals surface area contributed by atoms with Crippen LogP contribution in [0, 0.1) is 0 Å². The molecule has 1 aliphatic heterocycles. The molecule has 1 aromatic rings. The minimum Gasteiger partial charge on any atom is -0.390 e. The second-order valence-electron chi connectivity index (χ2n) is 5.04. The maximum absolute atomic E-state index is 9.86. The van der Waals surface area contributed by atoms with Crippen molar-refractivity contribution in [1.29, 1.82) is 0 Å². The Kier molecular flexibility index (Phi) is 2.82. The smallest absolute Gasteiger partial charge is 0.0632 e. The molecule has 0 radical (unpaired) electrons. The Labute approximate surface area is 95.9 Å². The predicted molar refractivity (Wildman–Crippen MR) is 65.6 cm³/mol. The van der Waals surface area contributed by atoms with Crippen molar-refractivity contribution in [2.24, 2.45) is 0 Å². The highest BCUT2D eigenvalue weighted by Gasteiger charge is 2.24. The monoisotopic (exact) mass is 222 g/mol. The van der Waals surface area contributed by atoms with E-state index in [1.165, 1.54) is 21.8 Å². The molecule has 1 atom stereocenters. The SMILES string of the molecule is CC1CSc2c(CC(C)(C)O)cccc21. The molecule has 0 bridgehead atoms. The van der Waals surface area contributed by atoms with Gasteiger partial charge in [0.15, 0.2) is 0 Å². The van der Waals surface area contributed by atoms with Crippen molar-refractivity contribution < 1.29 is 5.11 Å². The minimum atomic E-state index is -0.610. The summed E-state index contributed by atoms with van der Waals surface area (Å²) in [4.78, 5) is 1.41. The number of fused-ring (bicyclic) bond motifs is 1. The van der Waals surface area contributed by atoms with Crippen LogP contribution in [-0.4, -0.2) is 16.5 Å². The number of hydrogen-bond donors (Lipinski definition) is 1. The van der Waals surface area contributed by atoms with Gasteiger partial charge in [0.2, 0.25) is 0 Å². The van der Waals surface area contributed by atoms with Crippen LogP contribution in [0.3, 0.4) is 0 Å². The molecule has 0 aromatic heterocycles. The summed E-state index contributed by atoms with van der Waals surface area (Å²) >= 11 is 1.93. The van der Waals surface area contributed by atoms with E-state index in [9.17, 15) is 5.11 Å². The van der Waals surface area contributed by atoms with E-state index in [1.807, 2.05) is 25.6 Å². The summed E-state index contributed by atoms with van der Waals surface area (Å²) in [6, 6.07) is 6.47. The van der Waals surface area contributed by atoms with Crippen LogP contribution in [0.1, 0.15) is 37.8 Å². The number of aliphatic hydroxyl groups is 1. The zero-order valence-corrected chi connectivity index (χ0v) is 10.4. The lowest BCUT2D eigenvalue weighted by Gasteiger charge is -2.19. The first kappa shape index (κ1) is 11.0. The number of benzene rings is 1. The Hall–Kier alpha value is -0.470. The summed E-state index contributed by atoms with van der Waals surface area (Å²) in [5.74, 6) is 1.84.